The van der Waals surface area contributed by atoms with Gasteiger partial charge in [0.25, 0.3) is 0 Å². The Bertz CT molecular complexity index is 283. The molecule has 0 aliphatic rings. The molecule has 0 unspecified atom stereocenters. The zero-order valence-electron chi connectivity index (χ0n) is 8.64. The van der Waals surface area contributed by atoms with Gasteiger partial charge in [0, 0.05) is 13.8 Å². The quantitative estimate of drug-likeness (QED) is 0.551. The molecular formula is C7H11Cl2O6P. The number of ether oxygens (including phenoxy) is 2. The Balaban J connectivity index is 4.21. The molecule has 0 aromatic carbocycles. The fourth-order valence-corrected chi connectivity index (χ4v) is 1.85. The minimum atomic E-state index is -3.78. The summed E-state index contributed by atoms with van der Waals surface area (Å²) in [6.45, 7) is 1.85. The number of rotatable bonds is 6. The largest absolute Gasteiger partial charge is 0.463 e. The second kappa shape index (κ2) is 7.12. The van der Waals surface area contributed by atoms with E-state index in [1.165, 1.54) is 13.8 Å². The summed E-state index contributed by atoms with van der Waals surface area (Å²) in [5, 5.41) is 0. The van der Waals surface area contributed by atoms with Gasteiger partial charge in [0.05, 0.1) is 0 Å². The number of esters is 2. The average molecular weight is 293 g/mol. The second-order valence-electron chi connectivity index (χ2n) is 2.75. The van der Waals surface area contributed by atoms with Crippen molar-refractivity contribution < 1.29 is 28.2 Å². The first kappa shape index (κ1) is 15.7. The number of hydrogen-bond acceptors (Lipinski definition) is 6. The second-order valence-corrected chi connectivity index (χ2v) is 6.98. The van der Waals surface area contributed by atoms with Crippen LogP contribution in [0.25, 0.3) is 0 Å². The number of carbonyl (C=O) groups is 2. The molecule has 0 bridgehead atoms. The van der Waals surface area contributed by atoms with Gasteiger partial charge in [-0.3, -0.25) is 18.7 Å². The molecule has 0 aromatic rings. The highest BCUT2D eigenvalue weighted by Crippen LogP contribution is 2.58. The Morgan fingerprint density at radius 2 is 1.50 bits per heavy atom. The molecule has 6 nitrogen and oxygen atoms in total. The van der Waals surface area contributed by atoms with Crippen LogP contribution in [-0.2, 0) is 28.2 Å². The van der Waals surface area contributed by atoms with Crippen LogP contribution in [0.2, 0.25) is 0 Å². The van der Waals surface area contributed by atoms with Gasteiger partial charge in [-0.05, 0) is 22.5 Å². The molecule has 0 aliphatic carbocycles. The van der Waals surface area contributed by atoms with E-state index in [-0.39, 0.29) is 13.2 Å². The molecule has 0 radical (unpaired) electrons. The van der Waals surface area contributed by atoms with E-state index in [1.807, 2.05) is 0 Å². The van der Waals surface area contributed by atoms with E-state index in [2.05, 4.69) is 14.0 Å². The van der Waals surface area contributed by atoms with Gasteiger partial charge >= 0.3 is 18.0 Å². The molecule has 0 spiro atoms. The van der Waals surface area contributed by atoms with E-state index >= 15 is 0 Å². The molecular weight excluding hydrogens is 282 g/mol. The lowest BCUT2D eigenvalue weighted by molar-refractivity contribution is -0.148. The standard InChI is InChI=1S/C7H11Cl2O6P/c1-5(10)13-3-7(4-14-6(2)11)15-16(8,9)12/h7H,3-4H2,1-2H3. The first-order valence-corrected chi connectivity index (χ1v) is 7.58. The van der Waals surface area contributed by atoms with E-state index in [9.17, 15) is 14.2 Å². The SMILES string of the molecule is CC(=O)OCC(COC(C)=O)OP(=O)(Cl)Cl. The summed E-state index contributed by atoms with van der Waals surface area (Å²) in [4.78, 5) is 21.1. The topological polar surface area (TPSA) is 78.9 Å². The molecule has 0 aliphatic heterocycles. The summed E-state index contributed by atoms with van der Waals surface area (Å²) in [5.41, 5.74) is 0. The zero-order valence-corrected chi connectivity index (χ0v) is 11.1. The molecule has 16 heavy (non-hydrogen) atoms. The number of carbonyl (C=O) groups excluding carboxylic acids is 2. The van der Waals surface area contributed by atoms with Crippen LogP contribution in [0.3, 0.4) is 0 Å². The molecule has 94 valence electrons. The van der Waals surface area contributed by atoms with Crippen LogP contribution in [-0.4, -0.2) is 31.3 Å². The van der Waals surface area contributed by atoms with Crippen LogP contribution < -0.4 is 0 Å². The van der Waals surface area contributed by atoms with E-state index in [1.54, 1.807) is 0 Å². The average Bonchev–Trinajstić information content (AvgIpc) is 2.07. The Labute approximate surface area is 102 Å². The van der Waals surface area contributed by atoms with Crippen molar-refractivity contribution in [3.8, 4) is 0 Å². The van der Waals surface area contributed by atoms with E-state index < -0.39 is 24.1 Å². The summed E-state index contributed by atoms with van der Waals surface area (Å²) in [5.74, 6) is -1.12. The highest BCUT2D eigenvalue weighted by molar-refractivity contribution is 8.05. The van der Waals surface area contributed by atoms with Gasteiger partial charge in [-0.2, -0.15) is 0 Å². The molecule has 0 N–H and O–H groups in total. The lowest BCUT2D eigenvalue weighted by atomic mass is 10.4. The van der Waals surface area contributed by atoms with Gasteiger partial charge < -0.3 is 9.47 Å². The minimum Gasteiger partial charge on any atom is -0.463 e. The Morgan fingerprint density at radius 3 is 1.75 bits per heavy atom. The molecule has 0 saturated carbocycles. The maximum atomic E-state index is 10.9. The summed E-state index contributed by atoms with van der Waals surface area (Å²) in [7, 11) is 0. The maximum absolute atomic E-state index is 10.9. The van der Waals surface area contributed by atoms with Crippen LogP contribution in [0, 0.1) is 0 Å². The summed E-state index contributed by atoms with van der Waals surface area (Å²) < 4.78 is 24.8. The molecule has 0 rings (SSSR count). The maximum Gasteiger partial charge on any atom is 0.380 e. The van der Waals surface area contributed by atoms with E-state index in [0.29, 0.717) is 0 Å². The van der Waals surface area contributed by atoms with Crippen LogP contribution in [0.15, 0.2) is 0 Å². The molecule has 0 fully saturated rings. The predicted octanol–water partition coefficient (Wildman–Crippen LogP) is 2.08. The highest BCUT2D eigenvalue weighted by Gasteiger charge is 2.24. The van der Waals surface area contributed by atoms with Crippen molar-refractivity contribution in [1.82, 2.24) is 0 Å². The van der Waals surface area contributed by atoms with E-state index in [4.69, 9.17) is 22.5 Å². The lowest BCUT2D eigenvalue weighted by Crippen LogP contribution is -2.26. The molecule has 9 heteroatoms. The van der Waals surface area contributed by atoms with Gasteiger partial charge in [0.15, 0.2) is 0 Å². The Hall–Kier alpha value is -0.290. The van der Waals surface area contributed by atoms with E-state index in [0.717, 1.165) is 0 Å². The van der Waals surface area contributed by atoms with Crippen molar-refractivity contribution in [2.24, 2.45) is 0 Å². The fourth-order valence-electron chi connectivity index (χ4n) is 0.703. The first-order chi connectivity index (χ1) is 7.20. The Morgan fingerprint density at radius 1 is 1.12 bits per heavy atom. The molecule has 0 saturated heterocycles. The third kappa shape index (κ3) is 10.2. The third-order valence-corrected chi connectivity index (χ3v) is 2.24. The van der Waals surface area contributed by atoms with Crippen molar-refractivity contribution in [3.05, 3.63) is 0 Å². The Kier molecular flexibility index (Phi) is 6.99. The molecule has 0 atom stereocenters. The summed E-state index contributed by atoms with van der Waals surface area (Å²) in [6, 6.07) is 0. The summed E-state index contributed by atoms with van der Waals surface area (Å²) >= 11 is 10.4. The van der Waals surface area contributed by atoms with Crippen molar-refractivity contribution in [2.45, 2.75) is 20.0 Å². The predicted molar refractivity (Wildman–Crippen MR) is 57.5 cm³/mol. The molecule has 0 amide bonds. The van der Waals surface area contributed by atoms with Crippen molar-refractivity contribution in [1.29, 1.82) is 0 Å². The van der Waals surface area contributed by atoms with Gasteiger partial charge in [-0.25, -0.2) is 0 Å². The fraction of sp³-hybridized carbons (Fsp3) is 0.714. The number of halogens is 2. The van der Waals surface area contributed by atoms with Crippen LogP contribution >= 0.6 is 28.6 Å². The zero-order chi connectivity index (χ0) is 12.8. The van der Waals surface area contributed by atoms with Gasteiger partial charge in [0.1, 0.15) is 19.3 Å². The third-order valence-electron chi connectivity index (χ3n) is 1.22. The normalized spacial score (nSPS) is 11.3. The van der Waals surface area contributed by atoms with Gasteiger partial charge in [-0.1, -0.05) is 0 Å². The van der Waals surface area contributed by atoms with Crippen molar-refractivity contribution in [2.75, 3.05) is 13.2 Å². The van der Waals surface area contributed by atoms with Crippen molar-refractivity contribution >= 4 is 40.5 Å². The van der Waals surface area contributed by atoms with Crippen molar-refractivity contribution in [3.63, 3.8) is 0 Å². The minimum absolute atomic E-state index is 0.258. The highest BCUT2D eigenvalue weighted by atomic mass is 35.9. The first-order valence-electron chi connectivity index (χ1n) is 4.15. The summed E-state index contributed by atoms with van der Waals surface area (Å²) in [6.07, 6.45) is -4.74. The molecule has 0 aromatic heterocycles. The lowest BCUT2D eigenvalue weighted by Gasteiger charge is -2.17. The molecule has 0 heterocycles. The monoisotopic (exact) mass is 292 g/mol. The van der Waals surface area contributed by atoms with Crippen LogP contribution in [0.5, 0.6) is 0 Å². The van der Waals surface area contributed by atoms with Crippen LogP contribution in [0.1, 0.15) is 13.8 Å². The van der Waals surface area contributed by atoms with Gasteiger partial charge in [-0.15, -0.1) is 0 Å². The number of hydrogen-bond donors (Lipinski definition) is 0. The van der Waals surface area contributed by atoms with Gasteiger partial charge in [0.2, 0.25) is 0 Å². The van der Waals surface area contributed by atoms with Crippen LogP contribution in [0.4, 0.5) is 0 Å². The smallest absolute Gasteiger partial charge is 0.380 e.